The van der Waals surface area contributed by atoms with E-state index >= 15 is 0 Å². The van der Waals surface area contributed by atoms with Crippen LogP contribution in [0, 0.1) is 23.1 Å². The summed E-state index contributed by atoms with van der Waals surface area (Å²) < 4.78 is 17.9. The summed E-state index contributed by atoms with van der Waals surface area (Å²) >= 11 is 0. The van der Waals surface area contributed by atoms with E-state index in [0.717, 1.165) is 0 Å². The molecule has 1 atom stereocenters. The molecular formula is C14H17FN2O2. The number of hydrogen-bond donors (Lipinski definition) is 0. The van der Waals surface area contributed by atoms with Gasteiger partial charge in [-0.15, -0.1) is 0 Å². The standard InChI is InChI=1S/C14H17FN2O2/c1-10(14(18)19-3)8-17(2)9-12-4-11(7-16)5-13(15)6-12/h4-6,10H,8-9H2,1-3H3. The molecule has 0 N–H and O–H groups in total. The Morgan fingerprint density at radius 1 is 1.53 bits per heavy atom. The zero-order chi connectivity index (χ0) is 14.4. The third-order valence-corrected chi connectivity index (χ3v) is 2.73. The van der Waals surface area contributed by atoms with Crippen LogP contribution in [0.15, 0.2) is 18.2 Å². The number of esters is 1. The van der Waals surface area contributed by atoms with E-state index in [-0.39, 0.29) is 11.9 Å². The van der Waals surface area contributed by atoms with E-state index in [9.17, 15) is 9.18 Å². The van der Waals surface area contributed by atoms with Gasteiger partial charge >= 0.3 is 5.97 Å². The molecule has 1 aromatic carbocycles. The van der Waals surface area contributed by atoms with Crippen molar-refractivity contribution >= 4 is 5.97 Å². The van der Waals surface area contributed by atoms with E-state index in [0.29, 0.717) is 24.2 Å². The first-order valence-corrected chi connectivity index (χ1v) is 5.92. The van der Waals surface area contributed by atoms with Crippen molar-refractivity contribution in [3.63, 3.8) is 0 Å². The van der Waals surface area contributed by atoms with Crippen molar-refractivity contribution in [1.29, 1.82) is 5.26 Å². The fraction of sp³-hybridized carbons (Fsp3) is 0.429. The molecule has 19 heavy (non-hydrogen) atoms. The zero-order valence-electron chi connectivity index (χ0n) is 11.3. The number of hydrogen-bond acceptors (Lipinski definition) is 4. The third kappa shape index (κ3) is 4.68. The van der Waals surface area contributed by atoms with Crippen LogP contribution in [-0.2, 0) is 16.1 Å². The van der Waals surface area contributed by atoms with Gasteiger partial charge in [0.2, 0.25) is 0 Å². The highest BCUT2D eigenvalue weighted by atomic mass is 19.1. The summed E-state index contributed by atoms with van der Waals surface area (Å²) in [5, 5.41) is 8.78. The smallest absolute Gasteiger partial charge is 0.309 e. The molecule has 1 aromatic rings. The lowest BCUT2D eigenvalue weighted by Gasteiger charge is -2.20. The van der Waals surface area contributed by atoms with Gasteiger partial charge in [-0.3, -0.25) is 4.79 Å². The second-order valence-corrected chi connectivity index (χ2v) is 4.58. The van der Waals surface area contributed by atoms with Gasteiger partial charge in [-0.05, 0) is 30.8 Å². The molecule has 0 amide bonds. The molecule has 5 heteroatoms. The van der Waals surface area contributed by atoms with Crippen LogP contribution in [0.1, 0.15) is 18.1 Å². The van der Waals surface area contributed by atoms with Crippen LogP contribution in [-0.4, -0.2) is 31.6 Å². The van der Waals surface area contributed by atoms with Gasteiger partial charge in [-0.2, -0.15) is 5.26 Å². The Labute approximate surface area is 112 Å². The highest BCUT2D eigenvalue weighted by Gasteiger charge is 2.15. The highest BCUT2D eigenvalue weighted by molar-refractivity contribution is 5.72. The molecule has 0 bridgehead atoms. The van der Waals surface area contributed by atoms with Gasteiger partial charge in [0.05, 0.1) is 24.7 Å². The van der Waals surface area contributed by atoms with E-state index in [1.165, 1.54) is 19.2 Å². The number of nitriles is 1. The second kappa shape index (κ2) is 6.86. The first-order valence-electron chi connectivity index (χ1n) is 5.92. The third-order valence-electron chi connectivity index (χ3n) is 2.73. The SMILES string of the molecule is COC(=O)C(C)CN(C)Cc1cc(F)cc(C#N)c1. The largest absolute Gasteiger partial charge is 0.469 e. The van der Waals surface area contributed by atoms with Crippen molar-refractivity contribution in [3.8, 4) is 6.07 Å². The molecule has 0 radical (unpaired) electrons. The number of methoxy groups -OCH3 is 1. The normalized spacial score (nSPS) is 12.0. The Balaban J connectivity index is 2.67. The van der Waals surface area contributed by atoms with Gasteiger partial charge < -0.3 is 9.64 Å². The van der Waals surface area contributed by atoms with Gasteiger partial charge in [0, 0.05) is 13.1 Å². The molecule has 0 aliphatic heterocycles. The zero-order valence-corrected chi connectivity index (χ0v) is 11.3. The molecule has 0 aliphatic carbocycles. The highest BCUT2D eigenvalue weighted by Crippen LogP contribution is 2.11. The van der Waals surface area contributed by atoms with Crippen molar-refractivity contribution in [1.82, 2.24) is 4.90 Å². The van der Waals surface area contributed by atoms with Gasteiger partial charge in [0.1, 0.15) is 5.82 Å². The minimum Gasteiger partial charge on any atom is -0.469 e. The van der Waals surface area contributed by atoms with E-state index in [1.54, 1.807) is 13.0 Å². The van der Waals surface area contributed by atoms with Gasteiger partial charge in [-0.25, -0.2) is 4.39 Å². The molecule has 0 saturated heterocycles. The van der Waals surface area contributed by atoms with Crippen LogP contribution in [0.3, 0.4) is 0 Å². The van der Waals surface area contributed by atoms with E-state index in [1.807, 2.05) is 18.0 Å². The maximum absolute atomic E-state index is 13.3. The number of benzene rings is 1. The summed E-state index contributed by atoms with van der Waals surface area (Å²) in [6.07, 6.45) is 0. The number of ether oxygens (including phenoxy) is 1. The number of nitrogens with zero attached hydrogens (tertiary/aromatic N) is 2. The Morgan fingerprint density at radius 2 is 2.21 bits per heavy atom. The van der Waals surface area contributed by atoms with Crippen LogP contribution < -0.4 is 0 Å². The molecule has 0 spiro atoms. The van der Waals surface area contributed by atoms with Crippen molar-refractivity contribution in [2.75, 3.05) is 20.7 Å². The lowest BCUT2D eigenvalue weighted by atomic mass is 10.1. The number of carbonyl (C=O) groups is 1. The number of carbonyl (C=O) groups excluding carboxylic acids is 1. The van der Waals surface area contributed by atoms with E-state index < -0.39 is 5.82 Å². The first kappa shape index (κ1) is 15.1. The van der Waals surface area contributed by atoms with Gasteiger partial charge in [0.15, 0.2) is 0 Å². The average molecular weight is 264 g/mol. The van der Waals surface area contributed by atoms with Gasteiger partial charge in [-0.1, -0.05) is 6.92 Å². The summed E-state index contributed by atoms with van der Waals surface area (Å²) in [5.74, 6) is -0.953. The lowest BCUT2D eigenvalue weighted by molar-refractivity contribution is -0.145. The van der Waals surface area contributed by atoms with Crippen molar-refractivity contribution in [2.24, 2.45) is 5.92 Å². The fourth-order valence-corrected chi connectivity index (χ4v) is 1.93. The molecular weight excluding hydrogens is 247 g/mol. The minimum atomic E-state index is -0.427. The average Bonchev–Trinajstić information content (AvgIpc) is 2.36. The molecule has 0 heterocycles. The maximum Gasteiger partial charge on any atom is 0.309 e. The molecule has 0 aromatic heterocycles. The predicted molar refractivity (Wildman–Crippen MR) is 68.6 cm³/mol. The minimum absolute atomic E-state index is 0.251. The number of halogens is 1. The molecule has 1 unspecified atom stereocenters. The molecule has 1 rings (SSSR count). The fourth-order valence-electron chi connectivity index (χ4n) is 1.93. The topological polar surface area (TPSA) is 53.3 Å². The van der Waals surface area contributed by atoms with E-state index in [2.05, 4.69) is 4.74 Å². The summed E-state index contributed by atoms with van der Waals surface area (Å²) in [7, 11) is 3.18. The molecule has 0 aliphatic rings. The van der Waals surface area contributed by atoms with Crippen LogP contribution in [0.4, 0.5) is 4.39 Å². The Kier molecular flexibility index (Phi) is 5.46. The summed E-state index contributed by atoms with van der Waals surface area (Å²) in [6, 6.07) is 6.14. The molecule has 102 valence electrons. The first-order chi connectivity index (χ1) is 8.96. The number of rotatable bonds is 5. The monoisotopic (exact) mass is 264 g/mol. The quantitative estimate of drug-likeness (QED) is 0.763. The van der Waals surface area contributed by atoms with Crippen molar-refractivity contribution in [3.05, 3.63) is 35.1 Å². The van der Waals surface area contributed by atoms with Crippen molar-refractivity contribution in [2.45, 2.75) is 13.5 Å². The Hall–Kier alpha value is -1.93. The van der Waals surface area contributed by atoms with E-state index in [4.69, 9.17) is 5.26 Å². The van der Waals surface area contributed by atoms with Crippen LogP contribution >= 0.6 is 0 Å². The predicted octanol–water partition coefficient (Wildman–Crippen LogP) is 1.94. The summed E-state index contributed by atoms with van der Waals surface area (Å²) in [5.41, 5.74) is 1.00. The second-order valence-electron chi connectivity index (χ2n) is 4.58. The van der Waals surface area contributed by atoms with Crippen LogP contribution in [0.25, 0.3) is 0 Å². The Morgan fingerprint density at radius 3 is 2.79 bits per heavy atom. The van der Waals surface area contributed by atoms with Crippen LogP contribution in [0.5, 0.6) is 0 Å². The Bertz CT molecular complexity index is 497. The summed E-state index contributed by atoms with van der Waals surface area (Å²) in [4.78, 5) is 13.2. The maximum atomic E-state index is 13.3. The van der Waals surface area contributed by atoms with Crippen molar-refractivity contribution < 1.29 is 13.9 Å². The molecule has 0 fully saturated rings. The van der Waals surface area contributed by atoms with Crippen LogP contribution in [0.2, 0.25) is 0 Å². The summed E-state index contributed by atoms with van der Waals surface area (Å²) in [6.45, 7) is 2.74. The molecule has 0 saturated carbocycles. The molecule has 4 nitrogen and oxygen atoms in total. The lowest BCUT2D eigenvalue weighted by Crippen LogP contribution is -2.29. The van der Waals surface area contributed by atoms with Gasteiger partial charge in [0.25, 0.3) is 0 Å².